The summed E-state index contributed by atoms with van der Waals surface area (Å²) in [5, 5.41) is 8.42. The van der Waals surface area contributed by atoms with E-state index in [9.17, 15) is 0 Å². The summed E-state index contributed by atoms with van der Waals surface area (Å²) in [5.74, 6) is 0. The van der Waals surface area contributed by atoms with E-state index in [1.165, 1.54) is 32.1 Å². The van der Waals surface area contributed by atoms with E-state index in [-0.39, 0.29) is 81.7 Å². The van der Waals surface area contributed by atoms with Gasteiger partial charge in [0.1, 0.15) is 0 Å². The fraction of sp³-hybridized carbons (Fsp3) is 1.00. The largest absolute Gasteiger partial charge is 3.00 e. The maximum atomic E-state index is 8.48. The van der Waals surface area contributed by atoms with E-state index < -0.39 is 24.8 Å². The molecular formula is C8H18Nd2O10P3+3. The Morgan fingerprint density at radius 1 is 0.652 bits per heavy atom. The van der Waals surface area contributed by atoms with Crippen LogP contribution in [-0.4, -0.2) is 11.7 Å². The van der Waals surface area contributed by atoms with Gasteiger partial charge in [0.2, 0.25) is 0 Å². The Balaban J connectivity index is -0.0000000444. The third-order valence-corrected chi connectivity index (χ3v) is 1.51. The van der Waals surface area contributed by atoms with Gasteiger partial charge in [-0.25, -0.2) is 0 Å². The van der Waals surface area contributed by atoms with E-state index in [0.29, 0.717) is 6.61 Å². The number of aliphatic hydroxyl groups excluding tert-OH is 1. The zero-order valence-electron chi connectivity index (χ0n) is 12.4. The molecule has 130 valence electrons. The molecule has 0 spiro atoms. The van der Waals surface area contributed by atoms with Crippen molar-refractivity contribution in [2.75, 3.05) is 6.61 Å². The molecule has 0 aromatic carbocycles. The van der Waals surface area contributed by atoms with E-state index >= 15 is 0 Å². The van der Waals surface area contributed by atoms with E-state index in [0.717, 1.165) is 6.42 Å². The van der Waals surface area contributed by atoms with Gasteiger partial charge in [-0.3, -0.25) is 0 Å². The molecule has 0 rings (SSSR count). The molecule has 0 aliphatic heterocycles. The van der Waals surface area contributed by atoms with Crippen molar-refractivity contribution in [3.05, 3.63) is 0 Å². The second-order valence-electron chi connectivity index (χ2n) is 3.16. The topological polar surface area (TPSA) is 210 Å². The van der Waals surface area contributed by atoms with Crippen molar-refractivity contribution in [1.82, 2.24) is 0 Å². The van der Waals surface area contributed by atoms with Gasteiger partial charge in [0.15, 0.2) is 0 Å². The van der Waals surface area contributed by atoms with Crippen LogP contribution in [0.1, 0.15) is 45.4 Å². The van der Waals surface area contributed by atoms with E-state index in [2.05, 4.69) is 6.92 Å². The Kier molecular flexibility index (Phi) is 69.7. The first-order valence-electron chi connectivity index (χ1n) is 5.67. The first-order valence-corrected chi connectivity index (χ1v) is 8.95. The quantitative estimate of drug-likeness (QED) is 0.234. The monoisotopic (exact) mass is 651 g/mol. The molecule has 15 heteroatoms. The zero-order valence-corrected chi connectivity index (χ0v) is 21.5. The molecule has 0 fully saturated rings. The fourth-order valence-corrected chi connectivity index (χ4v) is 0.892. The molecule has 0 amide bonds. The molecule has 0 aliphatic carbocycles. The standard InChI is InChI=1S/C8H18O.2Nd.3HO3P/c1-2-3-4-5-6-7-8-9;;;3*1-4(2)3/h9H,2-8H2,1H3;;;3*(H,1,2,3)/q;2*+3;;;/p-3. The van der Waals surface area contributed by atoms with Gasteiger partial charge in [0, 0.05) is 6.61 Å². The molecule has 0 heterocycles. The number of aliphatic hydroxyl groups is 1. The summed E-state index contributed by atoms with van der Waals surface area (Å²) in [6.45, 7) is 2.58. The first kappa shape index (κ1) is 40.4. The predicted molar refractivity (Wildman–Crippen MR) is 63.3 cm³/mol. The smallest absolute Gasteiger partial charge is 0.598 e. The number of hydrogen-bond acceptors (Lipinski definition) is 10. The Hall–Kier alpha value is 2.72. The summed E-state index contributed by atoms with van der Waals surface area (Å²) in [5.41, 5.74) is 0. The minimum absolute atomic E-state index is 0. The van der Waals surface area contributed by atoms with Gasteiger partial charge in [0.25, 0.3) is 24.8 Å². The molecular weight excluding hydrogens is 637 g/mol. The Bertz CT molecular complexity index is 214. The number of unbranched alkanes of at least 4 members (excludes halogenated alkanes) is 5. The summed E-state index contributed by atoms with van der Waals surface area (Å²) >= 11 is 0. The molecule has 0 atom stereocenters. The van der Waals surface area contributed by atoms with Gasteiger partial charge < -0.3 is 34.5 Å². The van der Waals surface area contributed by atoms with Crippen LogP contribution in [0.3, 0.4) is 0 Å². The fourth-order valence-electron chi connectivity index (χ4n) is 0.892. The molecule has 1 N–H and O–H groups in total. The molecule has 0 aromatic rings. The van der Waals surface area contributed by atoms with Crippen molar-refractivity contribution >= 4 is 24.8 Å². The third-order valence-electron chi connectivity index (χ3n) is 1.51. The molecule has 0 aliphatic rings. The average molecular weight is 656 g/mol. The zero-order chi connectivity index (χ0) is 17.7. The molecule has 0 bridgehead atoms. The molecule has 0 saturated carbocycles. The van der Waals surface area contributed by atoms with Crippen LogP contribution >= 0.6 is 24.8 Å². The van der Waals surface area contributed by atoms with Gasteiger partial charge >= 0.3 is 81.7 Å². The predicted octanol–water partition coefficient (Wildman–Crippen LogP) is -2.57. The maximum absolute atomic E-state index is 8.48. The van der Waals surface area contributed by atoms with Crippen LogP contribution in [0.15, 0.2) is 0 Å². The minimum atomic E-state index is -3.37. The normalized spacial score (nSPS) is 7.30. The van der Waals surface area contributed by atoms with Gasteiger partial charge in [-0.05, 0) is 6.42 Å². The van der Waals surface area contributed by atoms with Gasteiger partial charge in [-0.1, -0.05) is 52.7 Å². The van der Waals surface area contributed by atoms with Crippen LogP contribution in [0, 0.1) is 81.7 Å². The number of hydrogen-bond donors (Lipinski definition) is 1. The summed E-state index contributed by atoms with van der Waals surface area (Å²) in [7, 11) is -10.1. The Labute approximate surface area is 204 Å². The van der Waals surface area contributed by atoms with Gasteiger partial charge in [-0.2, -0.15) is 0 Å². The SMILES string of the molecule is CCCCCCCCO.O=[P+]([O-])[O-].O=[P+]([O-])[O-].O=[P+]([O-])[O-].[Nd+3].[Nd+3]. The van der Waals surface area contributed by atoms with Crippen molar-refractivity contribution < 1.29 is 130 Å². The molecule has 23 heavy (non-hydrogen) atoms. The van der Waals surface area contributed by atoms with Crippen molar-refractivity contribution in [2.24, 2.45) is 0 Å². The minimum Gasteiger partial charge on any atom is -0.598 e. The van der Waals surface area contributed by atoms with E-state index in [1.54, 1.807) is 0 Å². The second kappa shape index (κ2) is 39.7. The van der Waals surface area contributed by atoms with Gasteiger partial charge in [-0.15, -0.1) is 0 Å². The maximum Gasteiger partial charge on any atom is 3.00 e. The summed E-state index contributed by atoms with van der Waals surface area (Å²) in [6, 6.07) is 0. The van der Waals surface area contributed by atoms with Crippen LogP contribution in [0.4, 0.5) is 0 Å². The summed E-state index contributed by atoms with van der Waals surface area (Å²) < 4.78 is 25.4. The average Bonchev–Trinajstić information content (AvgIpc) is 2.26. The molecule has 0 aromatic heterocycles. The van der Waals surface area contributed by atoms with Crippen molar-refractivity contribution in [3.8, 4) is 0 Å². The Morgan fingerprint density at radius 3 is 1.09 bits per heavy atom. The van der Waals surface area contributed by atoms with Crippen LogP contribution < -0.4 is 29.4 Å². The molecule has 0 unspecified atom stereocenters. The Morgan fingerprint density at radius 2 is 0.870 bits per heavy atom. The third kappa shape index (κ3) is 168. The van der Waals surface area contributed by atoms with Crippen molar-refractivity contribution in [3.63, 3.8) is 0 Å². The summed E-state index contributed by atoms with van der Waals surface area (Å²) in [4.78, 5) is 50.9. The molecule has 2 radical (unpaired) electrons. The first-order chi connectivity index (χ1) is 9.61. The summed E-state index contributed by atoms with van der Waals surface area (Å²) in [6.07, 6.45) is 7.50. The molecule has 0 saturated heterocycles. The van der Waals surface area contributed by atoms with Crippen molar-refractivity contribution in [2.45, 2.75) is 45.4 Å². The molecule has 10 nitrogen and oxygen atoms in total. The van der Waals surface area contributed by atoms with E-state index in [1.807, 2.05) is 0 Å². The second-order valence-corrected chi connectivity index (χ2v) is 4.50. The van der Waals surface area contributed by atoms with Crippen molar-refractivity contribution in [1.29, 1.82) is 0 Å². The van der Waals surface area contributed by atoms with Crippen LogP contribution in [0.25, 0.3) is 0 Å². The number of rotatable bonds is 6. The van der Waals surface area contributed by atoms with E-state index in [4.69, 9.17) is 48.2 Å². The van der Waals surface area contributed by atoms with Crippen LogP contribution in [0.5, 0.6) is 0 Å². The van der Waals surface area contributed by atoms with Crippen LogP contribution in [0.2, 0.25) is 0 Å². The van der Waals surface area contributed by atoms with Crippen LogP contribution in [-0.2, 0) is 13.7 Å². The van der Waals surface area contributed by atoms with Gasteiger partial charge in [0.05, 0.1) is 0 Å².